The number of aromatic nitrogens is 1. The Bertz CT molecular complexity index is 1290. The molecule has 1 amide bonds. The summed E-state index contributed by atoms with van der Waals surface area (Å²) in [5, 5.41) is 3.01. The van der Waals surface area contributed by atoms with Gasteiger partial charge in [-0.15, -0.1) is 11.3 Å². The highest BCUT2D eigenvalue weighted by atomic mass is 35.5. The van der Waals surface area contributed by atoms with Crippen LogP contribution in [0.3, 0.4) is 0 Å². The number of thioether (sulfide) groups is 1. The van der Waals surface area contributed by atoms with Crippen LogP contribution in [0.4, 0.5) is 5.69 Å². The number of amides is 1. The summed E-state index contributed by atoms with van der Waals surface area (Å²) in [7, 11) is 0. The first-order chi connectivity index (χ1) is 16.1. The summed E-state index contributed by atoms with van der Waals surface area (Å²) in [6.45, 7) is 2.77. The smallest absolute Gasteiger partial charge is 0.251 e. The van der Waals surface area contributed by atoms with Crippen molar-refractivity contribution in [2.45, 2.75) is 24.7 Å². The summed E-state index contributed by atoms with van der Waals surface area (Å²) in [6, 6.07) is 13.6. The Kier molecular flexibility index (Phi) is 6.49. The summed E-state index contributed by atoms with van der Waals surface area (Å²) in [5.41, 5.74) is 4.72. The maximum Gasteiger partial charge on any atom is 0.251 e. The van der Waals surface area contributed by atoms with Crippen LogP contribution in [0.2, 0.25) is 4.34 Å². The molecule has 1 unspecified atom stereocenters. The van der Waals surface area contributed by atoms with Gasteiger partial charge in [-0.2, -0.15) is 0 Å². The fourth-order valence-electron chi connectivity index (χ4n) is 3.90. The monoisotopic (exact) mass is 491 g/mol. The molecule has 2 aliphatic rings. The molecule has 0 radical (unpaired) electrons. The zero-order chi connectivity index (χ0) is 22.8. The van der Waals surface area contributed by atoms with Crippen LogP contribution in [0.1, 0.15) is 34.1 Å². The molecule has 0 saturated carbocycles. The standard InChI is InChI=1S/C26H22ClN3OS2/c1-16-4-6-21-19(13-16)25(23-8-9-24(27)33-23)30-20-14-18(5-7-22(20)32-21)26(31)29-12-10-17-3-2-11-28-15-17/h2-9,11,14-16H,10,12-13H2,1H3,(H,29,31). The van der Waals surface area contributed by atoms with Crippen molar-refractivity contribution in [2.75, 3.05) is 6.54 Å². The van der Waals surface area contributed by atoms with Crippen LogP contribution >= 0.6 is 34.7 Å². The second kappa shape index (κ2) is 9.67. The van der Waals surface area contributed by atoms with Crippen molar-refractivity contribution in [3.63, 3.8) is 0 Å². The van der Waals surface area contributed by atoms with Crippen molar-refractivity contribution in [1.29, 1.82) is 0 Å². The largest absolute Gasteiger partial charge is 0.352 e. The molecule has 33 heavy (non-hydrogen) atoms. The van der Waals surface area contributed by atoms with Crippen molar-refractivity contribution < 1.29 is 4.79 Å². The van der Waals surface area contributed by atoms with E-state index in [0.717, 1.165) is 43.9 Å². The Morgan fingerprint density at radius 2 is 2.15 bits per heavy atom. The van der Waals surface area contributed by atoms with Gasteiger partial charge in [0.2, 0.25) is 0 Å². The number of nitrogens with zero attached hydrogens (tertiary/aromatic N) is 2. The number of pyridine rings is 1. The number of benzene rings is 1. The molecular formula is C26H22ClN3OS2. The molecule has 7 heteroatoms. The fraction of sp³-hybridized carbons (Fsp3) is 0.192. The second-order valence-corrected chi connectivity index (χ2v) is 10.9. The SMILES string of the molecule is CC1C=CC2=C(C1)C(c1ccc(Cl)s1)=Nc1cc(C(=O)NCCc3cccnc3)ccc1S2. The number of rotatable bonds is 5. The Labute approximate surface area is 206 Å². The van der Waals surface area contributed by atoms with Gasteiger partial charge >= 0.3 is 0 Å². The van der Waals surface area contributed by atoms with Gasteiger partial charge in [-0.05, 0) is 66.3 Å². The van der Waals surface area contributed by atoms with Gasteiger partial charge in [0, 0.05) is 34.3 Å². The summed E-state index contributed by atoms with van der Waals surface area (Å²) >= 11 is 9.51. The number of thiophene rings is 1. The summed E-state index contributed by atoms with van der Waals surface area (Å²) in [4.78, 5) is 25.3. The van der Waals surface area contributed by atoms with E-state index in [9.17, 15) is 4.79 Å². The van der Waals surface area contributed by atoms with E-state index >= 15 is 0 Å². The highest BCUT2D eigenvalue weighted by molar-refractivity contribution is 8.03. The zero-order valence-corrected chi connectivity index (χ0v) is 20.4. The number of carbonyl (C=O) groups excluding carboxylic acids is 1. The predicted octanol–water partition coefficient (Wildman–Crippen LogP) is 6.85. The van der Waals surface area contributed by atoms with Gasteiger partial charge in [-0.3, -0.25) is 9.78 Å². The third kappa shape index (κ3) is 4.98. The van der Waals surface area contributed by atoms with Crippen LogP contribution in [0, 0.1) is 5.92 Å². The average Bonchev–Trinajstić information content (AvgIpc) is 3.18. The van der Waals surface area contributed by atoms with Crippen molar-refractivity contribution in [3.05, 3.63) is 97.8 Å². The lowest BCUT2D eigenvalue weighted by molar-refractivity contribution is 0.0954. The molecule has 0 bridgehead atoms. The Morgan fingerprint density at radius 1 is 1.24 bits per heavy atom. The van der Waals surface area contributed by atoms with Crippen molar-refractivity contribution in [1.82, 2.24) is 10.3 Å². The van der Waals surface area contributed by atoms with E-state index in [1.54, 1.807) is 18.0 Å². The summed E-state index contributed by atoms with van der Waals surface area (Å²) in [5.74, 6) is 0.352. The van der Waals surface area contributed by atoms with Crippen LogP contribution in [0.5, 0.6) is 0 Å². The van der Waals surface area contributed by atoms with Gasteiger partial charge in [0.1, 0.15) is 0 Å². The maximum absolute atomic E-state index is 12.8. The van der Waals surface area contributed by atoms with Crippen molar-refractivity contribution in [2.24, 2.45) is 10.9 Å². The minimum absolute atomic E-state index is 0.0990. The first-order valence-electron chi connectivity index (χ1n) is 10.8. The number of hydrogen-bond donors (Lipinski definition) is 1. The van der Waals surface area contributed by atoms with Crippen LogP contribution in [0.15, 0.2) is 87.4 Å². The van der Waals surface area contributed by atoms with Crippen molar-refractivity contribution >= 4 is 52.0 Å². The lowest BCUT2D eigenvalue weighted by atomic mass is 9.92. The number of halogens is 1. The molecule has 0 saturated heterocycles. The molecule has 1 N–H and O–H groups in total. The van der Waals surface area contributed by atoms with E-state index in [2.05, 4.69) is 29.4 Å². The molecule has 166 valence electrons. The van der Waals surface area contributed by atoms with Crippen LogP contribution in [-0.4, -0.2) is 23.1 Å². The summed E-state index contributed by atoms with van der Waals surface area (Å²) in [6.07, 6.45) is 9.69. The average molecular weight is 492 g/mol. The highest BCUT2D eigenvalue weighted by Gasteiger charge is 2.25. The number of aliphatic imine (C=N–C) groups is 1. The normalized spacial score (nSPS) is 17.2. The second-order valence-electron chi connectivity index (χ2n) is 8.10. The molecule has 2 aromatic heterocycles. The predicted molar refractivity (Wildman–Crippen MR) is 138 cm³/mol. The van der Waals surface area contributed by atoms with Gasteiger partial charge in [-0.1, -0.05) is 48.5 Å². The van der Waals surface area contributed by atoms with Crippen LogP contribution < -0.4 is 5.32 Å². The van der Waals surface area contributed by atoms with E-state index in [4.69, 9.17) is 16.6 Å². The van der Waals surface area contributed by atoms with E-state index in [0.29, 0.717) is 18.0 Å². The number of nitrogens with one attached hydrogen (secondary N) is 1. The van der Waals surface area contributed by atoms with Gasteiger partial charge in [0.15, 0.2) is 0 Å². The molecule has 0 fully saturated rings. The Hall–Kier alpha value is -2.67. The van der Waals surface area contributed by atoms with Gasteiger partial charge in [0.05, 0.1) is 20.6 Å². The van der Waals surface area contributed by atoms with E-state index < -0.39 is 0 Å². The number of fused-ring (bicyclic) bond motifs is 1. The highest BCUT2D eigenvalue weighted by Crippen LogP contribution is 2.45. The number of carbonyl (C=O) groups is 1. The first kappa shape index (κ1) is 22.1. The minimum atomic E-state index is -0.0990. The van der Waals surface area contributed by atoms with Gasteiger partial charge in [0.25, 0.3) is 5.91 Å². The lowest BCUT2D eigenvalue weighted by Gasteiger charge is -2.19. The molecule has 3 heterocycles. The van der Waals surface area contributed by atoms with E-state index in [1.807, 2.05) is 48.7 Å². The summed E-state index contributed by atoms with van der Waals surface area (Å²) < 4.78 is 0.744. The first-order valence-corrected chi connectivity index (χ1v) is 12.8. The lowest BCUT2D eigenvalue weighted by Crippen LogP contribution is -2.25. The molecule has 0 spiro atoms. The van der Waals surface area contributed by atoms with Gasteiger partial charge < -0.3 is 5.32 Å². The molecule has 1 aliphatic carbocycles. The van der Waals surface area contributed by atoms with Crippen molar-refractivity contribution in [3.8, 4) is 0 Å². The zero-order valence-electron chi connectivity index (χ0n) is 18.0. The van der Waals surface area contributed by atoms with E-state index in [-0.39, 0.29) is 5.91 Å². The molecule has 4 nitrogen and oxygen atoms in total. The Morgan fingerprint density at radius 3 is 2.94 bits per heavy atom. The third-order valence-electron chi connectivity index (χ3n) is 5.59. The maximum atomic E-state index is 12.8. The molecule has 1 atom stereocenters. The molecular weight excluding hydrogens is 470 g/mol. The topological polar surface area (TPSA) is 54.4 Å². The van der Waals surface area contributed by atoms with Crippen LogP contribution in [0.25, 0.3) is 0 Å². The Balaban J connectivity index is 1.43. The van der Waals surface area contributed by atoms with Gasteiger partial charge in [-0.25, -0.2) is 4.99 Å². The quantitative estimate of drug-likeness (QED) is 0.424. The fourth-order valence-corrected chi connectivity index (χ4v) is 6.00. The molecule has 3 aromatic rings. The third-order valence-corrected chi connectivity index (χ3v) is 7.99. The molecule has 1 aliphatic heterocycles. The van der Waals surface area contributed by atoms with Crippen LogP contribution in [-0.2, 0) is 6.42 Å². The number of hydrogen-bond acceptors (Lipinski definition) is 5. The molecule has 1 aromatic carbocycles. The molecule has 5 rings (SSSR count). The van der Waals surface area contributed by atoms with E-state index in [1.165, 1.54) is 21.8 Å². The minimum Gasteiger partial charge on any atom is -0.352 e. The number of allylic oxidation sites excluding steroid dienone is 3.